The van der Waals surface area contributed by atoms with Gasteiger partial charge in [-0.3, -0.25) is 0 Å². The van der Waals surface area contributed by atoms with Crippen LogP contribution in [0.1, 0.15) is 91.9 Å². The first kappa shape index (κ1) is 22.4. The second kappa shape index (κ2) is 17.7. The van der Waals surface area contributed by atoms with Gasteiger partial charge in [-0.05, 0) is 37.8 Å². The van der Waals surface area contributed by atoms with Gasteiger partial charge >= 0.3 is 0 Å². The minimum Gasteiger partial charge on any atom is -0.421 e. The van der Waals surface area contributed by atoms with Crippen molar-refractivity contribution in [3.63, 3.8) is 0 Å². The molecule has 4 heteroatoms. The monoisotopic (exact) mass is 346 g/mol. The highest BCUT2D eigenvalue weighted by Gasteiger charge is 2.07. The normalized spacial score (nSPS) is 15.3. The van der Waals surface area contributed by atoms with Crippen molar-refractivity contribution in [2.75, 3.05) is 0 Å². The molecule has 0 aliphatic heterocycles. The molecule has 2 nitrogen and oxygen atoms in total. The third kappa shape index (κ3) is 14.0. The molecule has 0 saturated heterocycles. The predicted octanol–water partition coefficient (Wildman–Crippen LogP) is 4.74. The first-order chi connectivity index (χ1) is 10.8. The van der Waals surface area contributed by atoms with Crippen molar-refractivity contribution < 1.29 is 8.85 Å². The van der Waals surface area contributed by atoms with Gasteiger partial charge in [-0.1, -0.05) is 66.2 Å². The lowest BCUT2D eigenvalue weighted by Gasteiger charge is -2.17. The Morgan fingerprint density at radius 1 is 0.636 bits per heavy atom. The topological polar surface area (TPSA) is 18.5 Å². The van der Waals surface area contributed by atoms with E-state index in [9.17, 15) is 0 Å². The molecule has 2 unspecified atom stereocenters. The summed E-state index contributed by atoms with van der Waals surface area (Å²) >= 11 is 0. The van der Waals surface area contributed by atoms with Gasteiger partial charge < -0.3 is 8.85 Å². The van der Waals surface area contributed by atoms with Gasteiger partial charge in [-0.2, -0.15) is 0 Å². The van der Waals surface area contributed by atoms with Gasteiger partial charge in [0, 0.05) is 12.2 Å². The summed E-state index contributed by atoms with van der Waals surface area (Å²) in [5.41, 5.74) is 0. The van der Waals surface area contributed by atoms with E-state index >= 15 is 0 Å². The van der Waals surface area contributed by atoms with Crippen molar-refractivity contribution >= 4 is 19.5 Å². The molecule has 0 rings (SSSR count). The standard InChI is InChI=1S/C18H42O2Si2/c1-5-9-11-13-17(7-3)19-21-15-16-22-20-18(8-4)14-12-10-6-2/h17-18H,5-16,21-22H2,1-4H3. The Kier molecular flexibility index (Phi) is 18.0. The van der Waals surface area contributed by atoms with Crippen molar-refractivity contribution in [3.8, 4) is 0 Å². The number of unbranched alkanes of at least 4 members (excludes halogenated alkanes) is 4. The minimum atomic E-state index is -0.297. The van der Waals surface area contributed by atoms with E-state index < -0.39 is 0 Å². The van der Waals surface area contributed by atoms with Crippen LogP contribution in [0, 0.1) is 0 Å². The zero-order valence-corrected chi connectivity index (χ0v) is 18.7. The quantitative estimate of drug-likeness (QED) is 0.280. The molecule has 0 radical (unpaired) electrons. The molecule has 0 amide bonds. The molecule has 0 fully saturated rings. The van der Waals surface area contributed by atoms with Gasteiger partial charge in [0.2, 0.25) is 0 Å². The fraction of sp³-hybridized carbons (Fsp3) is 1.00. The van der Waals surface area contributed by atoms with E-state index in [1.807, 2.05) is 0 Å². The summed E-state index contributed by atoms with van der Waals surface area (Å²) in [7, 11) is -0.595. The van der Waals surface area contributed by atoms with Crippen molar-refractivity contribution in [3.05, 3.63) is 0 Å². The van der Waals surface area contributed by atoms with Crippen LogP contribution in [0.5, 0.6) is 0 Å². The Labute approximate surface area is 145 Å². The second-order valence-electron chi connectivity index (χ2n) is 6.50. The number of hydrogen-bond acceptors (Lipinski definition) is 2. The van der Waals surface area contributed by atoms with Crippen LogP contribution in [0.2, 0.25) is 12.1 Å². The molecule has 0 bridgehead atoms. The fourth-order valence-electron chi connectivity index (χ4n) is 2.76. The van der Waals surface area contributed by atoms with Crippen molar-refractivity contribution in [2.45, 2.75) is 116 Å². The van der Waals surface area contributed by atoms with Gasteiger partial charge in [0.25, 0.3) is 0 Å². The molecular formula is C18H42O2Si2. The number of rotatable bonds is 17. The summed E-state index contributed by atoms with van der Waals surface area (Å²) in [4.78, 5) is 0. The van der Waals surface area contributed by atoms with Crippen LogP contribution < -0.4 is 0 Å². The molecule has 22 heavy (non-hydrogen) atoms. The van der Waals surface area contributed by atoms with Crippen LogP contribution in [0.15, 0.2) is 0 Å². The molecule has 134 valence electrons. The molecule has 0 N–H and O–H groups in total. The third-order valence-electron chi connectivity index (χ3n) is 4.42. The SMILES string of the molecule is CCCCCC(CC)O[SiH2]CC[SiH2]OC(CC)CCCCC. The largest absolute Gasteiger partial charge is 0.421 e. The minimum absolute atomic E-state index is 0.297. The Morgan fingerprint density at radius 3 is 1.36 bits per heavy atom. The summed E-state index contributed by atoms with van der Waals surface area (Å²) in [6.45, 7) is 9.08. The van der Waals surface area contributed by atoms with E-state index in [0.29, 0.717) is 12.2 Å². The molecule has 0 aliphatic rings. The van der Waals surface area contributed by atoms with Gasteiger partial charge in [0.15, 0.2) is 19.5 Å². The lowest BCUT2D eigenvalue weighted by atomic mass is 10.1. The summed E-state index contributed by atoms with van der Waals surface area (Å²) in [5.74, 6) is 0. The first-order valence-corrected chi connectivity index (χ1v) is 13.2. The second-order valence-corrected chi connectivity index (χ2v) is 9.40. The average Bonchev–Trinajstić information content (AvgIpc) is 2.54. The average molecular weight is 347 g/mol. The molecule has 0 aromatic rings. The highest BCUT2D eigenvalue weighted by atomic mass is 28.2. The Hall–Kier alpha value is 0.354. The smallest absolute Gasteiger partial charge is 0.161 e. The molecule has 0 aliphatic carbocycles. The van der Waals surface area contributed by atoms with Gasteiger partial charge in [0.05, 0.1) is 0 Å². The van der Waals surface area contributed by atoms with Crippen molar-refractivity contribution in [1.29, 1.82) is 0 Å². The lowest BCUT2D eigenvalue weighted by Crippen LogP contribution is -2.17. The summed E-state index contributed by atoms with van der Waals surface area (Å²) in [6.07, 6.45) is 14.1. The summed E-state index contributed by atoms with van der Waals surface area (Å²) in [5, 5.41) is 0. The van der Waals surface area contributed by atoms with Crippen LogP contribution in [0.25, 0.3) is 0 Å². The highest BCUT2D eigenvalue weighted by Crippen LogP contribution is 2.12. The lowest BCUT2D eigenvalue weighted by molar-refractivity contribution is 0.188. The van der Waals surface area contributed by atoms with Gasteiger partial charge in [0.1, 0.15) is 0 Å². The third-order valence-corrected chi connectivity index (χ3v) is 8.41. The molecule has 2 atom stereocenters. The van der Waals surface area contributed by atoms with E-state index in [0.717, 1.165) is 0 Å². The number of hydrogen-bond donors (Lipinski definition) is 0. The Morgan fingerprint density at radius 2 is 1.05 bits per heavy atom. The molecule has 0 saturated carbocycles. The van der Waals surface area contributed by atoms with Gasteiger partial charge in [-0.25, -0.2) is 0 Å². The van der Waals surface area contributed by atoms with Crippen LogP contribution in [-0.4, -0.2) is 31.7 Å². The molecule has 0 heterocycles. The summed E-state index contributed by atoms with van der Waals surface area (Å²) < 4.78 is 12.3. The maximum absolute atomic E-state index is 6.16. The fourth-order valence-corrected chi connectivity index (χ4v) is 6.20. The van der Waals surface area contributed by atoms with E-state index in [1.54, 1.807) is 0 Å². The van der Waals surface area contributed by atoms with E-state index in [1.165, 1.54) is 76.3 Å². The van der Waals surface area contributed by atoms with Crippen LogP contribution in [0.3, 0.4) is 0 Å². The van der Waals surface area contributed by atoms with E-state index in [4.69, 9.17) is 8.85 Å². The van der Waals surface area contributed by atoms with Gasteiger partial charge in [-0.15, -0.1) is 0 Å². The van der Waals surface area contributed by atoms with Crippen LogP contribution >= 0.6 is 0 Å². The van der Waals surface area contributed by atoms with Crippen molar-refractivity contribution in [1.82, 2.24) is 0 Å². The predicted molar refractivity (Wildman–Crippen MR) is 105 cm³/mol. The van der Waals surface area contributed by atoms with Crippen molar-refractivity contribution in [2.24, 2.45) is 0 Å². The zero-order chi connectivity index (χ0) is 16.5. The van der Waals surface area contributed by atoms with Crippen LogP contribution in [-0.2, 0) is 8.85 Å². The van der Waals surface area contributed by atoms with E-state index in [2.05, 4.69) is 27.7 Å². The zero-order valence-electron chi connectivity index (χ0n) is 15.9. The maximum atomic E-state index is 6.16. The van der Waals surface area contributed by atoms with Crippen LogP contribution in [0.4, 0.5) is 0 Å². The Balaban J connectivity index is 3.49. The maximum Gasteiger partial charge on any atom is 0.161 e. The molecular weight excluding hydrogens is 304 g/mol. The summed E-state index contributed by atoms with van der Waals surface area (Å²) in [6, 6.07) is 2.67. The molecule has 0 spiro atoms. The first-order valence-electron chi connectivity index (χ1n) is 10.0. The molecule has 0 aromatic heterocycles. The molecule has 0 aromatic carbocycles. The highest BCUT2D eigenvalue weighted by molar-refractivity contribution is 6.34. The van der Waals surface area contributed by atoms with E-state index in [-0.39, 0.29) is 19.5 Å². The Bertz CT molecular complexity index is 193.